The minimum atomic E-state index is -0.429. The Balaban J connectivity index is 2.03. The molecule has 4 nitrogen and oxygen atoms in total. The van der Waals surface area contributed by atoms with E-state index in [9.17, 15) is 9.59 Å². The first-order chi connectivity index (χ1) is 10.9. The van der Waals surface area contributed by atoms with Gasteiger partial charge in [0.2, 0.25) is 11.8 Å². The molecule has 23 heavy (non-hydrogen) atoms. The van der Waals surface area contributed by atoms with E-state index in [1.54, 1.807) is 23.8 Å². The van der Waals surface area contributed by atoms with Crippen molar-refractivity contribution in [2.45, 2.75) is 39.4 Å². The Labute approximate surface area is 136 Å². The molecule has 0 unspecified atom stereocenters. The maximum atomic E-state index is 12.7. The molecule has 0 aliphatic carbocycles. The molecule has 120 valence electrons. The number of benzene rings is 2. The summed E-state index contributed by atoms with van der Waals surface area (Å²) in [4.78, 5) is 28.3. The van der Waals surface area contributed by atoms with Crippen LogP contribution in [0, 0.1) is 6.92 Å². The number of hydrogen-bond donors (Lipinski definition) is 0. The predicted molar refractivity (Wildman–Crippen MR) is 90.9 cm³/mol. The highest BCUT2D eigenvalue weighted by Gasteiger charge is 2.39. The van der Waals surface area contributed by atoms with Crippen LogP contribution in [0.15, 0.2) is 36.4 Å². The fourth-order valence-electron chi connectivity index (χ4n) is 3.26. The number of hydrogen-bond acceptors (Lipinski definition) is 2. The minimum Gasteiger partial charge on any atom is -0.332 e. The van der Waals surface area contributed by atoms with Crippen LogP contribution in [0.4, 0.5) is 0 Å². The molecule has 1 aliphatic rings. The summed E-state index contributed by atoms with van der Waals surface area (Å²) in [5, 5.41) is 2.30. The van der Waals surface area contributed by atoms with Crippen LogP contribution in [-0.2, 0) is 16.1 Å². The maximum absolute atomic E-state index is 12.7. The lowest BCUT2D eigenvalue weighted by Gasteiger charge is -2.41. The third-order valence-corrected chi connectivity index (χ3v) is 5.00. The van der Waals surface area contributed by atoms with Gasteiger partial charge in [-0.05, 0) is 42.7 Å². The van der Waals surface area contributed by atoms with Gasteiger partial charge in [0.15, 0.2) is 0 Å². The molecule has 0 aromatic heterocycles. The van der Waals surface area contributed by atoms with E-state index in [1.807, 2.05) is 19.1 Å². The molecule has 0 saturated carbocycles. The van der Waals surface area contributed by atoms with Crippen molar-refractivity contribution in [1.29, 1.82) is 0 Å². The quantitative estimate of drug-likeness (QED) is 0.856. The van der Waals surface area contributed by atoms with Crippen molar-refractivity contribution < 1.29 is 9.59 Å². The number of piperazine rings is 1. The van der Waals surface area contributed by atoms with Crippen molar-refractivity contribution in [3.63, 3.8) is 0 Å². The molecule has 2 amide bonds. The predicted octanol–water partition coefficient (Wildman–Crippen LogP) is 2.73. The van der Waals surface area contributed by atoms with Gasteiger partial charge in [0.05, 0.1) is 0 Å². The number of rotatable bonds is 2. The fourth-order valence-corrected chi connectivity index (χ4v) is 3.26. The summed E-state index contributed by atoms with van der Waals surface area (Å²) in [6, 6.07) is 11.5. The molecule has 4 heteroatoms. The molecular formula is C19H22N2O2. The Bertz CT molecular complexity index is 784. The zero-order valence-corrected chi connectivity index (χ0v) is 14.0. The van der Waals surface area contributed by atoms with Gasteiger partial charge in [-0.1, -0.05) is 36.4 Å². The zero-order chi connectivity index (χ0) is 16.7. The number of amides is 2. The Hall–Kier alpha value is -2.36. The van der Waals surface area contributed by atoms with Crippen molar-refractivity contribution in [3.8, 4) is 0 Å². The zero-order valence-electron chi connectivity index (χ0n) is 14.0. The second kappa shape index (κ2) is 5.69. The normalized spacial score (nSPS) is 22.1. The second-order valence-corrected chi connectivity index (χ2v) is 6.35. The van der Waals surface area contributed by atoms with Gasteiger partial charge in [-0.2, -0.15) is 0 Å². The number of carbonyl (C=O) groups excluding carboxylic acids is 2. The summed E-state index contributed by atoms with van der Waals surface area (Å²) in [6.45, 7) is 6.12. The van der Waals surface area contributed by atoms with Crippen LogP contribution in [0.1, 0.15) is 25.0 Å². The molecular weight excluding hydrogens is 288 g/mol. The highest BCUT2D eigenvalue weighted by molar-refractivity contribution is 5.96. The highest BCUT2D eigenvalue weighted by atomic mass is 16.2. The lowest BCUT2D eigenvalue weighted by atomic mass is 9.97. The molecule has 0 spiro atoms. The van der Waals surface area contributed by atoms with Crippen LogP contribution in [-0.4, -0.2) is 40.7 Å². The Morgan fingerprint density at radius 2 is 1.65 bits per heavy atom. The van der Waals surface area contributed by atoms with Crippen molar-refractivity contribution in [1.82, 2.24) is 9.80 Å². The largest absolute Gasteiger partial charge is 0.332 e. The van der Waals surface area contributed by atoms with Gasteiger partial charge >= 0.3 is 0 Å². The number of fused-ring (bicyclic) bond motifs is 1. The van der Waals surface area contributed by atoms with E-state index in [0.29, 0.717) is 6.54 Å². The summed E-state index contributed by atoms with van der Waals surface area (Å²) in [6.07, 6.45) is 0. The molecule has 3 rings (SSSR count). The van der Waals surface area contributed by atoms with Gasteiger partial charge in [0.25, 0.3) is 0 Å². The molecule has 0 bridgehead atoms. The van der Waals surface area contributed by atoms with Crippen molar-refractivity contribution in [2.24, 2.45) is 0 Å². The minimum absolute atomic E-state index is 0.00464. The number of likely N-dealkylation sites (N-methyl/N-ethyl adjacent to an activating group) is 1. The van der Waals surface area contributed by atoms with Crippen LogP contribution in [0.5, 0.6) is 0 Å². The second-order valence-electron chi connectivity index (χ2n) is 6.35. The van der Waals surface area contributed by atoms with Gasteiger partial charge in [0.1, 0.15) is 12.1 Å². The van der Waals surface area contributed by atoms with Gasteiger partial charge in [-0.15, -0.1) is 0 Å². The van der Waals surface area contributed by atoms with Crippen molar-refractivity contribution >= 4 is 22.6 Å². The SMILES string of the molecule is Cc1ccc2ccccc2c1CN1C(=O)[C@H](C)N(C)C(=O)[C@@H]1C. The summed E-state index contributed by atoms with van der Waals surface area (Å²) < 4.78 is 0. The van der Waals surface area contributed by atoms with E-state index in [2.05, 4.69) is 31.2 Å². The lowest BCUT2D eigenvalue weighted by Crippen LogP contribution is -2.61. The number of nitrogens with zero attached hydrogens (tertiary/aromatic N) is 2. The smallest absolute Gasteiger partial charge is 0.246 e. The van der Waals surface area contributed by atoms with Crippen LogP contribution in [0.3, 0.4) is 0 Å². The van der Waals surface area contributed by atoms with Crippen molar-refractivity contribution in [3.05, 3.63) is 47.5 Å². The molecule has 2 aromatic rings. The van der Waals surface area contributed by atoms with Crippen LogP contribution < -0.4 is 0 Å². The van der Waals surface area contributed by atoms with Crippen LogP contribution >= 0.6 is 0 Å². The molecule has 0 N–H and O–H groups in total. The van der Waals surface area contributed by atoms with E-state index < -0.39 is 12.1 Å². The van der Waals surface area contributed by atoms with Gasteiger partial charge in [0, 0.05) is 13.6 Å². The van der Waals surface area contributed by atoms with E-state index in [-0.39, 0.29) is 11.8 Å². The third-order valence-electron chi connectivity index (χ3n) is 5.00. The maximum Gasteiger partial charge on any atom is 0.246 e. The first-order valence-electron chi connectivity index (χ1n) is 7.96. The average Bonchev–Trinajstić information content (AvgIpc) is 2.56. The standard InChI is InChI=1S/C19H22N2O2/c1-12-9-10-15-7-5-6-8-16(15)17(12)11-21-14(3)18(22)20(4)13(2)19(21)23/h5-10,13-14H,11H2,1-4H3/t13-,14-/m0/s1. The van der Waals surface area contributed by atoms with Crippen LogP contribution in [0.2, 0.25) is 0 Å². The first kappa shape index (κ1) is 15.5. The average molecular weight is 310 g/mol. The van der Waals surface area contributed by atoms with E-state index >= 15 is 0 Å². The summed E-state index contributed by atoms with van der Waals surface area (Å²) in [5.41, 5.74) is 2.26. The Morgan fingerprint density at radius 1 is 0.957 bits per heavy atom. The molecule has 2 atom stereocenters. The molecule has 1 saturated heterocycles. The summed E-state index contributed by atoms with van der Waals surface area (Å²) in [5.74, 6) is 0.00178. The van der Waals surface area contributed by atoms with Gasteiger partial charge < -0.3 is 9.80 Å². The monoisotopic (exact) mass is 310 g/mol. The van der Waals surface area contributed by atoms with Gasteiger partial charge in [-0.25, -0.2) is 0 Å². The van der Waals surface area contributed by atoms with E-state index in [1.165, 1.54) is 0 Å². The topological polar surface area (TPSA) is 40.6 Å². The van der Waals surface area contributed by atoms with Crippen molar-refractivity contribution in [2.75, 3.05) is 7.05 Å². The molecule has 1 aliphatic heterocycles. The first-order valence-corrected chi connectivity index (χ1v) is 7.96. The molecule has 1 fully saturated rings. The lowest BCUT2D eigenvalue weighted by molar-refractivity contribution is -0.159. The molecule has 1 heterocycles. The highest BCUT2D eigenvalue weighted by Crippen LogP contribution is 2.26. The van der Waals surface area contributed by atoms with E-state index in [0.717, 1.165) is 21.9 Å². The molecule has 0 radical (unpaired) electrons. The van der Waals surface area contributed by atoms with Crippen LogP contribution in [0.25, 0.3) is 10.8 Å². The Morgan fingerprint density at radius 3 is 2.39 bits per heavy atom. The number of carbonyl (C=O) groups is 2. The van der Waals surface area contributed by atoms with E-state index in [4.69, 9.17) is 0 Å². The molecule has 2 aromatic carbocycles. The Kier molecular flexibility index (Phi) is 3.84. The summed E-state index contributed by atoms with van der Waals surface area (Å²) in [7, 11) is 1.70. The third kappa shape index (κ3) is 2.48. The number of aryl methyl sites for hydroxylation is 1. The fraction of sp³-hybridized carbons (Fsp3) is 0.368. The van der Waals surface area contributed by atoms with Gasteiger partial charge in [-0.3, -0.25) is 9.59 Å². The summed E-state index contributed by atoms with van der Waals surface area (Å²) >= 11 is 0.